The van der Waals surface area contributed by atoms with Crippen LogP contribution in [0.2, 0.25) is 5.02 Å². The Hall–Kier alpha value is -2.63. The maximum Gasteiger partial charge on any atom is 0.191 e. The molecule has 24 heavy (non-hydrogen) atoms. The van der Waals surface area contributed by atoms with Crippen molar-refractivity contribution in [1.82, 2.24) is 5.43 Å². The molecule has 0 unspecified atom stereocenters. The highest BCUT2D eigenvalue weighted by Gasteiger charge is 2.06. The zero-order valence-corrected chi connectivity index (χ0v) is 14.1. The molecule has 0 aliphatic heterocycles. The molecule has 0 fully saturated rings. The molecule has 0 saturated carbocycles. The van der Waals surface area contributed by atoms with Crippen molar-refractivity contribution in [3.63, 3.8) is 0 Å². The predicted octanol–water partition coefficient (Wildman–Crippen LogP) is 4.92. The fraction of sp³-hybridized carbons (Fsp3) is 0. The quantitative estimate of drug-likeness (QED) is 0.396. The van der Waals surface area contributed by atoms with Gasteiger partial charge in [-0.05, 0) is 48.6 Å². The Morgan fingerprint density at radius 1 is 1.00 bits per heavy atom. The molecule has 1 aromatic heterocycles. The molecule has 6 heteroatoms. The third-order valence-electron chi connectivity index (χ3n) is 3.16. The van der Waals surface area contributed by atoms with E-state index < -0.39 is 0 Å². The highest BCUT2D eigenvalue weighted by Crippen LogP contribution is 2.28. The van der Waals surface area contributed by atoms with Gasteiger partial charge in [0.05, 0.1) is 11.2 Å². The average Bonchev–Trinajstić information content (AvgIpc) is 3.05. The van der Waals surface area contributed by atoms with Gasteiger partial charge >= 0.3 is 0 Å². The predicted molar refractivity (Wildman–Crippen MR) is 103 cm³/mol. The molecule has 2 N–H and O–H groups in total. The van der Waals surface area contributed by atoms with Crippen molar-refractivity contribution in [2.45, 2.75) is 0 Å². The van der Waals surface area contributed by atoms with Crippen LogP contribution in [0.15, 0.2) is 76.2 Å². The van der Waals surface area contributed by atoms with Crippen molar-refractivity contribution in [2.24, 2.45) is 5.10 Å². The van der Waals surface area contributed by atoms with Gasteiger partial charge in [-0.3, -0.25) is 5.43 Å². The van der Waals surface area contributed by atoms with E-state index in [1.54, 1.807) is 6.21 Å². The molecule has 0 atom stereocenters. The highest BCUT2D eigenvalue weighted by atomic mass is 35.5. The fourth-order valence-corrected chi connectivity index (χ4v) is 2.46. The first-order chi connectivity index (χ1) is 11.7. The van der Waals surface area contributed by atoms with Gasteiger partial charge in [-0.1, -0.05) is 41.9 Å². The van der Waals surface area contributed by atoms with Gasteiger partial charge in [0, 0.05) is 11.3 Å². The van der Waals surface area contributed by atoms with E-state index >= 15 is 0 Å². The third-order valence-corrected chi connectivity index (χ3v) is 3.68. The van der Waals surface area contributed by atoms with Crippen LogP contribution in [0.25, 0.3) is 11.3 Å². The zero-order chi connectivity index (χ0) is 16.8. The van der Waals surface area contributed by atoms with Gasteiger partial charge in [0.15, 0.2) is 5.11 Å². The second-order valence-corrected chi connectivity index (χ2v) is 5.69. The van der Waals surface area contributed by atoms with E-state index in [0.717, 1.165) is 11.3 Å². The average molecular weight is 356 g/mol. The number of hydrogen-bond donors (Lipinski definition) is 2. The van der Waals surface area contributed by atoms with Gasteiger partial charge in [-0.15, -0.1) is 0 Å². The minimum absolute atomic E-state index is 0.398. The smallest absolute Gasteiger partial charge is 0.191 e. The molecule has 4 nitrogen and oxygen atoms in total. The largest absolute Gasteiger partial charge is 0.455 e. The normalized spacial score (nSPS) is 10.7. The topological polar surface area (TPSA) is 49.6 Å². The van der Waals surface area contributed by atoms with Crippen LogP contribution in [-0.4, -0.2) is 11.3 Å². The first kappa shape index (κ1) is 16.2. The van der Waals surface area contributed by atoms with E-state index in [4.69, 9.17) is 28.2 Å². The molecule has 3 aromatic rings. The summed E-state index contributed by atoms with van der Waals surface area (Å²) < 4.78 is 5.71. The molecule has 0 radical (unpaired) electrons. The number of rotatable bonds is 4. The molecule has 0 aliphatic carbocycles. The summed E-state index contributed by atoms with van der Waals surface area (Å²) in [6.45, 7) is 0. The number of anilines is 1. The number of halogens is 1. The second-order valence-electron chi connectivity index (χ2n) is 4.87. The van der Waals surface area contributed by atoms with Crippen LogP contribution in [0.3, 0.4) is 0 Å². The van der Waals surface area contributed by atoms with Crippen molar-refractivity contribution >= 4 is 40.8 Å². The minimum Gasteiger partial charge on any atom is -0.455 e. The molecule has 2 aromatic carbocycles. The Labute approximate surface area is 150 Å². The SMILES string of the molecule is S=C(NN=Cc1ccc(-c2ccccc2Cl)o1)Nc1ccccc1. The van der Waals surface area contributed by atoms with Gasteiger partial charge in [0.1, 0.15) is 11.5 Å². The van der Waals surface area contributed by atoms with E-state index in [9.17, 15) is 0 Å². The molecule has 120 valence electrons. The summed E-state index contributed by atoms with van der Waals surface area (Å²) in [6.07, 6.45) is 1.55. The van der Waals surface area contributed by atoms with Crippen LogP contribution in [0, 0.1) is 0 Å². The van der Waals surface area contributed by atoms with Gasteiger partial charge < -0.3 is 9.73 Å². The lowest BCUT2D eigenvalue weighted by Crippen LogP contribution is -2.23. The first-order valence-electron chi connectivity index (χ1n) is 7.22. The van der Waals surface area contributed by atoms with E-state index in [-0.39, 0.29) is 0 Å². The fourth-order valence-electron chi connectivity index (χ4n) is 2.06. The maximum absolute atomic E-state index is 6.16. The Balaban J connectivity index is 1.60. The number of hydrazone groups is 1. The highest BCUT2D eigenvalue weighted by molar-refractivity contribution is 7.80. The van der Waals surface area contributed by atoms with E-state index in [2.05, 4.69) is 15.8 Å². The van der Waals surface area contributed by atoms with Crippen molar-refractivity contribution in [1.29, 1.82) is 0 Å². The van der Waals surface area contributed by atoms with Crippen molar-refractivity contribution < 1.29 is 4.42 Å². The lowest BCUT2D eigenvalue weighted by Gasteiger charge is -2.05. The van der Waals surface area contributed by atoms with Crippen LogP contribution in [0.4, 0.5) is 5.69 Å². The summed E-state index contributed by atoms with van der Waals surface area (Å²) >= 11 is 11.3. The summed E-state index contributed by atoms with van der Waals surface area (Å²) in [4.78, 5) is 0. The minimum atomic E-state index is 0.398. The summed E-state index contributed by atoms with van der Waals surface area (Å²) in [7, 11) is 0. The summed E-state index contributed by atoms with van der Waals surface area (Å²) in [5, 5.41) is 8.13. The Morgan fingerprint density at radius 3 is 2.54 bits per heavy atom. The van der Waals surface area contributed by atoms with Gasteiger partial charge in [0.2, 0.25) is 0 Å². The summed E-state index contributed by atoms with van der Waals surface area (Å²) in [6, 6.07) is 20.8. The Bertz CT molecular complexity index is 861. The standard InChI is InChI=1S/C18H14ClN3OS/c19-16-9-5-4-8-15(16)17-11-10-14(23-17)12-20-22-18(24)21-13-6-2-1-3-7-13/h1-12H,(H2,21,22,24). The number of furan rings is 1. The number of nitrogens with zero attached hydrogens (tertiary/aromatic N) is 1. The summed E-state index contributed by atoms with van der Waals surface area (Å²) in [5.41, 5.74) is 4.48. The molecular formula is C18H14ClN3OS. The molecule has 1 heterocycles. The van der Waals surface area contributed by atoms with Crippen molar-refractivity contribution in [3.05, 3.63) is 77.5 Å². The van der Waals surface area contributed by atoms with Crippen LogP contribution in [0.1, 0.15) is 5.76 Å². The molecule has 3 rings (SSSR count). The Kier molecular flexibility index (Phi) is 5.25. The number of thiocarbonyl (C=S) groups is 1. The first-order valence-corrected chi connectivity index (χ1v) is 8.01. The van der Waals surface area contributed by atoms with E-state index in [0.29, 0.717) is 21.7 Å². The third kappa shape index (κ3) is 4.22. The molecule has 0 spiro atoms. The van der Waals surface area contributed by atoms with Crippen LogP contribution < -0.4 is 10.7 Å². The molecule has 0 bridgehead atoms. The van der Waals surface area contributed by atoms with Gasteiger partial charge in [-0.25, -0.2) is 0 Å². The molecular weight excluding hydrogens is 342 g/mol. The van der Waals surface area contributed by atoms with Gasteiger partial charge in [0.25, 0.3) is 0 Å². The number of benzene rings is 2. The molecule has 0 aliphatic rings. The van der Waals surface area contributed by atoms with Crippen LogP contribution in [-0.2, 0) is 0 Å². The second kappa shape index (κ2) is 7.77. The Morgan fingerprint density at radius 2 is 1.75 bits per heavy atom. The number of para-hydroxylation sites is 1. The van der Waals surface area contributed by atoms with Crippen LogP contribution in [0.5, 0.6) is 0 Å². The van der Waals surface area contributed by atoms with Crippen molar-refractivity contribution in [2.75, 3.05) is 5.32 Å². The van der Waals surface area contributed by atoms with E-state index in [1.807, 2.05) is 66.7 Å². The number of hydrogen-bond acceptors (Lipinski definition) is 3. The maximum atomic E-state index is 6.16. The van der Waals surface area contributed by atoms with Crippen molar-refractivity contribution in [3.8, 4) is 11.3 Å². The van der Waals surface area contributed by atoms with Gasteiger partial charge in [-0.2, -0.15) is 5.10 Å². The zero-order valence-electron chi connectivity index (χ0n) is 12.6. The molecule has 0 saturated heterocycles. The van der Waals surface area contributed by atoms with Crippen LogP contribution >= 0.6 is 23.8 Å². The van der Waals surface area contributed by atoms with E-state index in [1.165, 1.54) is 0 Å². The summed E-state index contributed by atoms with van der Waals surface area (Å²) in [5.74, 6) is 1.28. The lowest BCUT2D eigenvalue weighted by molar-refractivity contribution is 0.574. The molecule has 0 amide bonds. The number of nitrogens with one attached hydrogen (secondary N) is 2. The monoisotopic (exact) mass is 355 g/mol. The lowest BCUT2D eigenvalue weighted by atomic mass is 10.2.